The van der Waals surface area contributed by atoms with Gasteiger partial charge >= 0.3 is 6.09 Å². The summed E-state index contributed by atoms with van der Waals surface area (Å²) in [6, 6.07) is 17.9. The molecule has 1 amide bonds. The molecule has 0 fully saturated rings. The van der Waals surface area contributed by atoms with Crippen LogP contribution < -0.4 is 14.8 Å². The number of hydrogen-bond acceptors (Lipinski definition) is 4. The van der Waals surface area contributed by atoms with E-state index in [2.05, 4.69) is 10.1 Å². The number of carbonyl (C=O) groups excluding carboxylic acids is 1. The first-order chi connectivity index (χ1) is 13.2. The van der Waals surface area contributed by atoms with Gasteiger partial charge in [0, 0.05) is 6.07 Å². The predicted molar refractivity (Wildman–Crippen MR) is 102 cm³/mol. The van der Waals surface area contributed by atoms with Crippen LogP contribution in [0.5, 0.6) is 11.6 Å². The number of halogens is 1. The molecule has 3 aromatic rings. The highest BCUT2D eigenvalue weighted by Crippen LogP contribution is 2.23. The van der Waals surface area contributed by atoms with Crippen molar-refractivity contribution in [3.05, 3.63) is 77.2 Å². The summed E-state index contributed by atoms with van der Waals surface area (Å²) >= 11 is 5.99. The SMILES string of the molecule is CCCOc1c/c(=N\C(=O)Oc2ccccc2Cl)cnn1-c1ccccc1. The van der Waals surface area contributed by atoms with Crippen molar-refractivity contribution in [2.75, 3.05) is 6.61 Å². The second-order valence-corrected chi connectivity index (χ2v) is 5.97. The van der Waals surface area contributed by atoms with Crippen molar-refractivity contribution in [3.8, 4) is 17.3 Å². The molecule has 138 valence electrons. The van der Waals surface area contributed by atoms with E-state index in [0.29, 0.717) is 22.9 Å². The first-order valence-corrected chi connectivity index (χ1v) is 8.84. The number of nitrogens with zero attached hydrogens (tertiary/aromatic N) is 3. The van der Waals surface area contributed by atoms with Crippen molar-refractivity contribution >= 4 is 17.7 Å². The van der Waals surface area contributed by atoms with Crippen LogP contribution in [0.2, 0.25) is 5.02 Å². The van der Waals surface area contributed by atoms with Gasteiger partial charge in [-0.25, -0.2) is 9.48 Å². The predicted octanol–water partition coefficient (Wildman–Crippen LogP) is 4.41. The third kappa shape index (κ3) is 4.95. The van der Waals surface area contributed by atoms with Gasteiger partial charge in [0.25, 0.3) is 0 Å². The molecule has 0 radical (unpaired) electrons. The number of benzene rings is 2. The number of carbonyl (C=O) groups is 1. The number of aromatic nitrogens is 2. The minimum atomic E-state index is -0.788. The highest BCUT2D eigenvalue weighted by Gasteiger charge is 2.08. The largest absolute Gasteiger partial charge is 0.478 e. The molecule has 0 aliphatic heterocycles. The van der Waals surface area contributed by atoms with E-state index in [9.17, 15) is 4.79 Å². The zero-order valence-corrected chi connectivity index (χ0v) is 15.5. The van der Waals surface area contributed by atoms with Crippen LogP contribution in [-0.2, 0) is 0 Å². The number of hydrogen-bond donors (Lipinski definition) is 0. The van der Waals surface area contributed by atoms with Crippen LogP contribution in [0.4, 0.5) is 4.79 Å². The van der Waals surface area contributed by atoms with E-state index < -0.39 is 6.09 Å². The fourth-order valence-electron chi connectivity index (χ4n) is 2.28. The van der Waals surface area contributed by atoms with Crippen LogP contribution in [0.3, 0.4) is 0 Å². The van der Waals surface area contributed by atoms with Crippen molar-refractivity contribution in [1.29, 1.82) is 0 Å². The van der Waals surface area contributed by atoms with Gasteiger partial charge in [0.05, 0.1) is 28.9 Å². The molecule has 1 aromatic heterocycles. The average Bonchev–Trinajstić information content (AvgIpc) is 2.69. The minimum Gasteiger partial charge on any atom is -0.478 e. The third-order valence-corrected chi connectivity index (χ3v) is 3.81. The summed E-state index contributed by atoms with van der Waals surface area (Å²) in [5, 5.41) is 5.00. The number of amides is 1. The molecule has 7 heteroatoms. The maximum atomic E-state index is 12.1. The maximum Gasteiger partial charge on any atom is 0.439 e. The van der Waals surface area contributed by atoms with Crippen molar-refractivity contribution < 1.29 is 14.3 Å². The summed E-state index contributed by atoms with van der Waals surface area (Å²) in [5.74, 6) is 0.730. The Kier molecular flexibility index (Phi) is 6.22. The lowest BCUT2D eigenvalue weighted by molar-refractivity contribution is 0.210. The van der Waals surface area contributed by atoms with E-state index in [1.807, 2.05) is 37.3 Å². The first-order valence-electron chi connectivity index (χ1n) is 8.46. The lowest BCUT2D eigenvalue weighted by Crippen LogP contribution is -2.16. The molecule has 0 bridgehead atoms. The molecule has 0 atom stereocenters. The van der Waals surface area contributed by atoms with Gasteiger partial charge in [0.15, 0.2) is 5.75 Å². The Hall–Kier alpha value is -3.12. The molecule has 0 spiro atoms. The van der Waals surface area contributed by atoms with Gasteiger partial charge in [-0.15, -0.1) is 0 Å². The van der Waals surface area contributed by atoms with Gasteiger partial charge in [-0.05, 0) is 30.7 Å². The summed E-state index contributed by atoms with van der Waals surface area (Å²) in [7, 11) is 0. The molecule has 0 aliphatic rings. The normalized spacial score (nSPS) is 11.3. The molecule has 27 heavy (non-hydrogen) atoms. The molecule has 0 N–H and O–H groups in total. The second-order valence-electron chi connectivity index (χ2n) is 5.56. The first kappa shape index (κ1) is 18.7. The Bertz CT molecular complexity index is 987. The summed E-state index contributed by atoms with van der Waals surface area (Å²) in [4.78, 5) is 16.0. The fourth-order valence-corrected chi connectivity index (χ4v) is 2.46. The molecular formula is C20H18ClN3O3. The van der Waals surface area contributed by atoms with Gasteiger partial charge in [0.2, 0.25) is 5.88 Å². The number of para-hydroxylation sites is 2. The molecule has 2 aromatic carbocycles. The third-order valence-electron chi connectivity index (χ3n) is 3.49. The Labute approximate surface area is 161 Å². The summed E-state index contributed by atoms with van der Waals surface area (Å²) in [5.41, 5.74) is 0.841. The van der Waals surface area contributed by atoms with Crippen molar-refractivity contribution in [3.63, 3.8) is 0 Å². The smallest absolute Gasteiger partial charge is 0.439 e. The molecule has 0 unspecified atom stereocenters. The summed E-state index contributed by atoms with van der Waals surface area (Å²) < 4.78 is 12.6. The van der Waals surface area contributed by atoms with Crippen molar-refractivity contribution in [2.45, 2.75) is 13.3 Å². The lowest BCUT2D eigenvalue weighted by atomic mass is 10.3. The molecule has 3 rings (SSSR count). The topological polar surface area (TPSA) is 65.7 Å². The quantitative estimate of drug-likeness (QED) is 0.654. The van der Waals surface area contributed by atoms with Crippen LogP contribution in [0.1, 0.15) is 13.3 Å². The van der Waals surface area contributed by atoms with E-state index in [4.69, 9.17) is 21.1 Å². The zero-order valence-electron chi connectivity index (χ0n) is 14.7. The Morgan fingerprint density at radius 3 is 2.63 bits per heavy atom. The minimum absolute atomic E-state index is 0.249. The van der Waals surface area contributed by atoms with Gasteiger partial charge in [0.1, 0.15) is 0 Å². The highest BCUT2D eigenvalue weighted by molar-refractivity contribution is 6.32. The fraction of sp³-hybridized carbons (Fsp3) is 0.150. The highest BCUT2D eigenvalue weighted by atomic mass is 35.5. The second kappa shape index (κ2) is 9.00. The summed E-state index contributed by atoms with van der Waals surface area (Å²) in [6.07, 6.45) is 1.52. The average molecular weight is 384 g/mol. The molecule has 0 saturated heterocycles. The van der Waals surface area contributed by atoms with Crippen molar-refractivity contribution in [1.82, 2.24) is 9.78 Å². The Morgan fingerprint density at radius 1 is 1.15 bits per heavy atom. The summed E-state index contributed by atoms with van der Waals surface area (Å²) in [6.45, 7) is 2.53. The lowest BCUT2D eigenvalue weighted by Gasteiger charge is -2.12. The van der Waals surface area contributed by atoms with Crippen LogP contribution >= 0.6 is 11.6 Å². The van der Waals surface area contributed by atoms with E-state index in [1.54, 1.807) is 35.0 Å². The van der Waals surface area contributed by atoms with Gasteiger partial charge < -0.3 is 9.47 Å². The Balaban J connectivity index is 1.90. The van der Waals surface area contributed by atoms with E-state index in [0.717, 1.165) is 12.1 Å². The van der Waals surface area contributed by atoms with E-state index in [1.165, 1.54) is 6.20 Å². The van der Waals surface area contributed by atoms with Crippen LogP contribution in [0, 0.1) is 0 Å². The van der Waals surface area contributed by atoms with Crippen LogP contribution in [0.25, 0.3) is 5.69 Å². The van der Waals surface area contributed by atoms with Crippen LogP contribution in [0.15, 0.2) is 71.9 Å². The van der Waals surface area contributed by atoms with Gasteiger partial charge in [-0.1, -0.05) is 48.9 Å². The molecule has 1 heterocycles. The van der Waals surface area contributed by atoms with Crippen LogP contribution in [-0.4, -0.2) is 22.5 Å². The van der Waals surface area contributed by atoms with E-state index in [-0.39, 0.29) is 5.75 Å². The molecular weight excluding hydrogens is 366 g/mol. The van der Waals surface area contributed by atoms with Gasteiger partial charge in [-0.2, -0.15) is 10.1 Å². The monoisotopic (exact) mass is 383 g/mol. The van der Waals surface area contributed by atoms with Gasteiger partial charge in [-0.3, -0.25) is 0 Å². The Morgan fingerprint density at radius 2 is 1.89 bits per heavy atom. The maximum absolute atomic E-state index is 12.1. The molecule has 6 nitrogen and oxygen atoms in total. The number of rotatable bonds is 5. The molecule has 0 aliphatic carbocycles. The van der Waals surface area contributed by atoms with Crippen molar-refractivity contribution in [2.24, 2.45) is 4.99 Å². The molecule has 0 saturated carbocycles. The standard InChI is InChI=1S/C20H18ClN3O3/c1-2-12-26-19-13-15(14-22-24(19)16-8-4-3-5-9-16)23-20(25)27-18-11-7-6-10-17(18)21/h3-11,13-14H,2,12H2,1H3/b23-15+. The zero-order chi connectivity index (χ0) is 19.1. The van der Waals surface area contributed by atoms with E-state index >= 15 is 0 Å². The number of ether oxygens (including phenoxy) is 2.